The van der Waals surface area contributed by atoms with Gasteiger partial charge in [0.25, 0.3) is 0 Å². The van der Waals surface area contributed by atoms with E-state index in [1.165, 1.54) is 44.9 Å². The van der Waals surface area contributed by atoms with Crippen molar-refractivity contribution < 1.29 is 5.11 Å². The summed E-state index contributed by atoms with van der Waals surface area (Å²) in [6.45, 7) is 11.1. The molecule has 0 fully saturated rings. The largest absolute Gasteiger partial charge is 0.393 e. The highest BCUT2D eigenvalue weighted by molar-refractivity contribution is 4.62. The van der Waals surface area contributed by atoms with Crippen LogP contribution in [0, 0.1) is 17.8 Å². The van der Waals surface area contributed by atoms with Crippen molar-refractivity contribution in [2.75, 3.05) is 0 Å². The summed E-state index contributed by atoms with van der Waals surface area (Å²) in [5.74, 6) is 2.22. The topological polar surface area (TPSA) is 20.2 Å². The first-order valence-corrected chi connectivity index (χ1v) is 7.65. The third-order valence-electron chi connectivity index (χ3n) is 4.27. The highest BCUT2D eigenvalue weighted by Crippen LogP contribution is 2.20. The summed E-state index contributed by atoms with van der Waals surface area (Å²) < 4.78 is 0. The Morgan fingerprint density at radius 3 is 1.71 bits per heavy atom. The molecule has 104 valence electrons. The summed E-state index contributed by atoms with van der Waals surface area (Å²) in [4.78, 5) is 0. The molecule has 4 atom stereocenters. The van der Waals surface area contributed by atoms with Crippen molar-refractivity contribution >= 4 is 0 Å². The van der Waals surface area contributed by atoms with Gasteiger partial charge in [-0.3, -0.25) is 0 Å². The molecule has 0 amide bonds. The lowest BCUT2D eigenvalue weighted by Gasteiger charge is -2.16. The zero-order valence-corrected chi connectivity index (χ0v) is 12.7. The summed E-state index contributed by atoms with van der Waals surface area (Å²) in [7, 11) is 0. The second kappa shape index (κ2) is 9.94. The Labute approximate surface area is 109 Å². The number of hydrogen-bond acceptors (Lipinski definition) is 1. The molecular weight excluding hydrogens is 208 g/mol. The van der Waals surface area contributed by atoms with Crippen molar-refractivity contribution in [2.45, 2.75) is 85.7 Å². The van der Waals surface area contributed by atoms with Crippen LogP contribution in [0.4, 0.5) is 0 Å². The van der Waals surface area contributed by atoms with Crippen molar-refractivity contribution in [3.05, 3.63) is 0 Å². The number of aliphatic hydroxyl groups excluding tert-OH is 1. The molecule has 0 heterocycles. The lowest BCUT2D eigenvalue weighted by Crippen LogP contribution is -2.13. The van der Waals surface area contributed by atoms with Crippen LogP contribution in [-0.4, -0.2) is 11.2 Å². The maximum Gasteiger partial charge on any atom is 0.0537 e. The summed E-state index contributed by atoms with van der Waals surface area (Å²) in [5.41, 5.74) is 0. The Kier molecular flexibility index (Phi) is 9.91. The van der Waals surface area contributed by atoms with Crippen LogP contribution in [-0.2, 0) is 0 Å². The standard InChI is InChI=1S/C16H34O/c1-6-13(2)9-7-10-14(3)11-8-12-15(4)16(5)17/h13-17H,6-12H2,1-5H3/t13-,14-,15-,16?/m1/s1. The van der Waals surface area contributed by atoms with Crippen LogP contribution in [0.15, 0.2) is 0 Å². The molecular formula is C16H34O. The van der Waals surface area contributed by atoms with E-state index in [9.17, 15) is 5.11 Å². The van der Waals surface area contributed by atoms with E-state index < -0.39 is 0 Å². The summed E-state index contributed by atoms with van der Waals surface area (Å²) in [5, 5.41) is 9.42. The molecule has 0 aliphatic heterocycles. The third-order valence-corrected chi connectivity index (χ3v) is 4.27. The normalized spacial score (nSPS) is 18.7. The molecule has 1 N–H and O–H groups in total. The fourth-order valence-corrected chi connectivity index (χ4v) is 2.19. The molecule has 0 radical (unpaired) electrons. The first-order valence-electron chi connectivity index (χ1n) is 7.65. The van der Waals surface area contributed by atoms with E-state index in [4.69, 9.17) is 0 Å². The van der Waals surface area contributed by atoms with Gasteiger partial charge in [0.15, 0.2) is 0 Å². The van der Waals surface area contributed by atoms with E-state index in [0.717, 1.165) is 11.8 Å². The van der Waals surface area contributed by atoms with Crippen molar-refractivity contribution in [2.24, 2.45) is 17.8 Å². The molecule has 0 aliphatic rings. The maximum atomic E-state index is 9.42. The van der Waals surface area contributed by atoms with Crippen molar-refractivity contribution in [3.8, 4) is 0 Å². The molecule has 0 rings (SSSR count). The van der Waals surface area contributed by atoms with Crippen LogP contribution in [0.2, 0.25) is 0 Å². The average Bonchev–Trinajstić information content (AvgIpc) is 2.28. The van der Waals surface area contributed by atoms with Crippen LogP contribution in [0.5, 0.6) is 0 Å². The SMILES string of the molecule is CC[C@@H](C)CCC[C@@H](C)CCC[C@@H](C)C(C)O. The summed E-state index contributed by atoms with van der Waals surface area (Å²) >= 11 is 0. The first kappa shape index (κ1) is 17.0. The average molecular weight is 242 g/mol. The number of aliphatic hydroxyl groups is 1. The number of rotatable bonds is 10. The van der Waals surface area contributed by atoms with Gasteiger partial charge in [-0.05, 0) is 31.1 Å². The minimum Gasteiger partial charge on any atom is -0.393 e. The summed E-state index contributed by atoms with van der Waals surface area (Å²) in [6.07, 6.45) is 9.12. The molecule has 0 aromatic carbocycles. The first-order chi connectivity index (χ1) is 7.97. The fraction of sp³-hybridized carbons (Fsp3) is 1.00. The lowest BCUT2D eigenvalue weighted by molar-refractivity contribution is 0.127. The van der Waals surface area contributed by atoms with Gasteiger partial charge in [-0.1, -0.05) is 66.2 Å². The van der Waals surface area contributed by atoms with Gasteiger partial charge in [-0.2, -0.15) is 0 Å². The highest BCUT2D eigenvalue weighted by atomic mass is 16.3. The third kappa shape index (κ3) is 9.64. The van der Waals surface area contributed by atoms with E-state index in [-0.39, 0.29) is 6.10 Å². The lowest BCUT2D eigenvalue weighted by atomic mass is 9.91. The molecule has 0 aromatic heterocycles. The zero-order chi connectivity index (χ0) is 13.3. The predicted molar refractivity (Wildman–Crippen MR) is 77.2 cm³/mol. The minimum absolute atomic E-state index is 0.143. The Hall–Kier alpha value is -0.0400. The van der Waals surface area contributed by atoms with Crippen LogP contribution < -0.4 is 0 Å². The molecule has 1 unspecified atom stereocenters. The van der Waals surface area contributed by atoms with E-state index >= 15 is 0 Å². The predicted octanol–water partition coefficient (Wildman–Crippen LogP) is 5.03. The Morgan fingerprint density at radius 1 is 0.765 bits per heavy atom. The maximum absolute atomic E-state index is 9.42. The zero-order valence-electron chi connectivity index (χ0n) is 12.7. The van der Waals surface area contributed by atoms with Gasteiger partial charge in [-0.25, -0.2) is 0 Å². The minimum atomic E-state index is -0.143. The molecule has 1 nitrogen and oxygen atoms in total. The van der Waals surface area contributed by atoms with Gasteiger partial charge in [0.05, 0.1) is 6.10 Å². The molecule has 0 aromatic rings. The molecule has 1 heteroatoms. The van der Waals surface area contributed by atoms with E-state index in [2.05, 4.69) is 27.7 Å². The van der Waals surface area contributed by atoms with Gasteiger partial charge in [0, 0.05) is 0 Å². The second-order valence-corrected chi connectivity index (χ2v) is 6.20. The van der Waals surface area contributed by atoms with Crippen molar-refractivity contribution in [1.82, 2.24) is 0 Å². The smallest absolute Gasteiger partial charge is 0.0537 e. The van der Waals surface area contributed by atoms with Gasteiger partial charge in [0.1, 0.15) is 0 Å². The van der Waals surface area contributed by atoms with Gasteiger partial charge in [-0.15, -0.1) is 0 Å². The number of hydrogen-bond donors (Lipinski definition) is 1. The second-order valence-electron chi connectivity index (χ2n) is 6.20. The van der Waals surface area contributed by atoms with Crippen LogP contribution >= 0.6 is 0 Å². The molecule has 0 aliphatic carbocycles. The van der Waals surface area contributed by atoms with E-state index in [1.54, 1.807) is 0 Å². The van der Waals surface area contributed by atoms with Crippen molar-refractivity contribution in [3.63, 3.8) is 0 Å². The Morgan fingerprint density at radius 2 is 1.24 bits per heavy atom. The molecule has 0 bridgehead atoms. The van der Waals surface area contributed by atoms with Crippen LogP contribution in [0.1, 0.15) is 79.6 Å². The quantitative estimate of drug-likeness (QED) is 0.570. The Bertz CT molecular complexity index is 165. The fourth-order valence-electron chi connectivity index (χ4n) is 2.19. The van der Waals surface area contributed by atoms with Crippen LogP contribution in [0.25, 0.3) is 0 Å². The monoisotopic (exact) mass is 242 g/mol. The van der Waals surface area contributed by atoms with Gasteiger partial charge >= 0.3 is 0 Å². The van der Waals surface area contributed by atoms with E-state index in [1.807, 2.05) is 6.92 Å². The molecule has 17 heavy (non-hydrogen) atoms. The highest BCUT2D eigenvalue weighted by Gasteiger charge is 2.09. The van der Waals surface area contributed by atoms with Gasteiger partial charge < -0.3 is 5.11 Å². The molecule has 0 saturated carbocycles. The molecule has 0 spiro atoms. The van der Waals surface area contributed by atoms with Crippen molar-refractivity contribution in [1.29, 1.82) is 0 Å². The molecule has 0 saturated heterocycles. The van der Waals surface area contributed by atoms with Crippen LogP contribution in [0.3, 0.4) is 0 Å². The van der Waals surface area contributed by atoms with Gasteiger partial charge in [0.2, 0.25) is 0 Å². The summed E-state index contributed by atoms with van der Waals surface area (Å²) in [6, 6.07) is 0. The Balaban J connectivity index is 3.43. The van der Waals surface area contributed by atoms with E-state index in [0.29, 0.717) is 5.92 Å².